The van der Waals surface area contributed by atoms with Gasteiger partial charge in [-0.25, -0.2) is 9.67 Å². The molecule has 3 heterocycles. The second-order valence-corrected chi connectivity index (χ2v) is 8.37. The normalized spacial score (nSPS) is 16.0. The monoisotopic (exact) mass is 480 g/mol. The van der Waals surface area contributed by atoms with E-state index in [1.54, 1.807) is 24.5 Å². The lowest BCUT2D eigenvalue weighted by Gasteiger charge is -2.24. The number of nitrogens with zero attached hydrogens (tertiary/aromatic N) is 5. The van der Waals surface area contributed by atoms with Gasteiger partial charge in [0.25, 0.3) is 5.69 Å². The lowest BCUT2D eigenvalue weighted by molar-refractivity contribution is -0.383. The van der Waals surface area contributed by atoms with E-state index in [1.807, 2.05) is 11.6 Å². The SMILES string of the molecule is Cc1c(-c2cnc3ccc(Oc4ccc([N+](=O)[O-])c(N)c4)c(Cl)c3n2)cnn1C1CCCCO1. The zero-order valence-corrected chi connectivity index (χ0v) is 19.0. The van der Waals surface area contributed by atoms with Crippen LogP contribution < -0.4 is 10.5 Å². The van der Waals surface area contributed by atoms with Crippen LogP contribution >= 0.6 is 11.6 Å². The van der Waals surface area contributed by atoms with Gasteiger partial charge in [-0.3, -0.25) is 15.1 Å². The Balaban J connectivity index is 1.48. The molecule has 1 unspecified atom stereocenters. The van der Waals surface area contributed by atoms with Crippen LogP contribution in [-0.2, 0) is 4.74 Å². The second-order valence-electron chi connectivity index (χ2n) is 7.99. The lowest BCUT2D eigenvalue weighted by atomic mass is 10.1. The minimum absolute atomic E-state index is 0.00378. The standard InChI is InChI=1S/C23H21ClN6O4/c1-13-15(11-27-29(13)21-4-2-3-9-33-21)18-12-26-17-6-8-20(22(24)23(17)28-18)34-14-5-7-19(30(31)32)16(25)10-14/h5-8,10-12,21H,2-4,9,25H2,1H3. The molecule has 174 valence electrons. The zero-order chi connectivity index (χ0) is 23.8. The smallest absolute Gasteiger partial charge is 0.292 e. The molecule has 1 aliphatic heterocycles. The molecule has 1 aliphatic rings. The molecule has 2 aromatic heterocycles. The van der Waals surface area contributed by atoms with Crippen molar-refractivity contribution < 1.29 is 14.4 Å². The lowest BCUT2D eigenvalue weighted by Crippen LogP contribution is -2.20. The summed E-state index contributed by atoms with van der Waals surface area (Å²) in [4.78, 5) is 19.7. The van der Waals surface area contributed by atoms with Gasteiger partial charge in [0.15, 0.2) is 0 Å². The Bertz CT molecular complexity index is 1400. The maximum Gasteiger partial charge on any atom is 0.292 e. The third kappa shape index (κ3) is 4.02. The topological polar surface area (TPSA) is 131 Å². The number of ether oxygens (including phenoxy) is 2. The molecule has 0 amide bonds. The van der Waals surface area contributed by atoms with Gasteiger partial charge >= 0.3 is 0 Å². The predicted octanol–water partition coefficient (Wildman–Crippen LogP) is 5.44. The number of nitrogen functional groups attached to an aromatic ring is 1. The highest BCUT2D eigenvalue weighted by Crippen LogP contribution is 2.37. The van der Waals surface area contributed by atoms with Crippen molar-refractivity contribution in [3.8, 4) is 22.8 Å². The van der Waals surface area contributed by atoms with Crippen LogP contribution in [0.4, 0.5) is 11.4 Å². The van der Waals surface area contributed by atoms with Gasteiger partial charge < -0.3 is 15.2 Å². The summed E-state index contributed by atoms with van der Waals surface area (Å²) in [5.74, 6) is 0.648. The number of nitro benzene ring substituents is 1. The predicted molar refractivity (Wildman–Crippen MR) is 127 cm³/mol. The van der Waals surface area contributed by atoms with Crippen molar-refractivity contribution in [2.45, 2.75) is 32.4 Å². The van der Waals surface area contributed by atoms with Crippen LogP contribution in [0.15, 0.2) is 42.7 Å². The van der Waals surface area contributed by atoms with Crippen molar-refractivity contribution in [1.82, 2.24) is 19.7 Å². The number of hydrogen-bond donors (Lipinski definition) is 1. The Morgan fingerprint density at radius 3 is 2.85 bits per heavy atom. The number of halogens is 1. The Labute approximate surface area is 199 Å². The van der Waals surface area contributed by atoms with Crippen molar-refractivity contribution in [1.29, 1.82) is 0 Å². The van der Waals surface area contributed by atoms with Crippen molar-refractivity contribution >= 4 is 34.0 Å². The first-order chi connectivity index (χ1) is 16.4. The Morgan fingerprint density at radius 1 is 1.26 bits per heavy atom. The quantitative estimate of drug-likeness (QED) is 0.227. The molecule has 10 nitrogen and oxygen atoms in total. The Morgan fingerprint density at radius 2 is 2.12 bits per heavy atom. The third-order valence-electron chi connectivity index (χ3n) is 5.79. The molecule has 2 N–H and O–H groups in total. The van der Waals surface area contributed by atoms with Crippen LogP contribution in [0.2, 0.25) is 5.02 Å². The van der Waals surface area contributed by atoms with Gasteiger partial charge in [0.1, 0.15) is 34.0 Å². The molecule has 1 saturated heterocycles. The van der Waals surface area contributed by atoms with Gasteiger partial charge in [-0.15, -0.1) is 0 Å². The molecule has 2 aromatic carbocycles. The number of anilines is 1. The molecule has 0 spiro atoms. The van der Waals surface area contributed by atoms with Crippen LogP contribution in [-0.4, -0.2) is 31.3 Å². The van der Waals surface area contributed by atoms with E-state index >= 15 is 0 Å². The third-order valence-corrected chi connectivity index (χ3v) is 6.16. The minimum Gasteiger partial charge on any atom is -0.456 e. The molecule has 0 bridgehead atoms. The fourth-order valence-corrected chi connectivity index (χ4v) is 4.25. The molecular formula is C23H21ClN6O4. The summed E-state index contributed by atoms with van der Waals surface area (Å²) in [5.41, 5.74) is 9.04. The summed E-state index contributed by atoms with van der Waals surface area (Å²) in [5, 5.41) is 15.8. The fourth-order valence-electron chi connectivity index (χ4n) is 4.01. The maximum absolute atomic E-state index is 11.0. The number of fused-ring (bicyclic) bond motifs is 1. The zero-order valence-electron chi connectivity index (χ0n) is 18.3. The molecule has 11 heteroatoms. The van der Waals surface area contributed by atoms with E-state index in [0.717, 1.165) is 37.1 Å². The van der Waals surface area contributed by atoms with E-state index < -0.39 is 4.92 Å². The number of rotatable bonds is 5. The van der Waals surface area contributed by atoms with Crippen molar-refractivity contribution in [3.05, 3.63) is 63.6 Å². The summed E-state index contributed by atoms with van der Waals surface area (Å²) in [7, 11) is 0. The van der Waals surface area contributed by atoms with Gasteiger partial charge in [-0.1, -0.05) is 11.6 Å². The van der Waals surface area contributed by atoms with Crippen LogP contribution in [0.25, 0.3) is 22.3 Å². The van der Waals surface area contributed by atoms with Crippen molar-refractivity contribution in [2.24, 2.45) is 0 Å². The Kier molecular flexibility index (Phi) is 5.76. The highest BCUT2D eigenvalue weighted by Gasteiger charge is 2.21. The second kappa shape index (κ2) is 8.88. The van der Waals surface area contributed by atoms with Crippen molar-refractivity contribution in [3.63, 3.8) is 0 Å². The highest BCUT2D eigenvalue weighted by molar-refractivity contribution is 6.36. The number of benzene rings is 2. The van der Waals surface area contributed by atoms with E-state index in [-0.39, 0.29) is 22.6 Å². The number of nitro groups is 1. The minimum atomic E-state index is -0.552. The Hall–Kier alpha value is -3.76. The molecule has 0 aliphatic carbocycles. The van der Waals surface area contributed by atoms with Crippen molar-refractivity contribution in [2.75, 3.05) is 12.3 Å². The maximum atomic E-state index is 11.0. The summed E-state index contributed by atoms with van der Waals surface area (Å²) in [6.45, 7) is 2.71. The molecule has 0 saturated carbocycles. The summed E-state index contributed by atoms with van der Waals surface area (Å²) in [6.07, 6.45) is 6.46. The summed E-state index contributed by atoms with van der Waals surface area (Å²) < 4.78 is 13.6. The van der Waals surface area contributed by atoms with E-state index in [2.05, 4.69) is 10.1 Å². The molecule has 5 rings (SSSR count). The van der Waals surface area contributed by atoms with Gasteiger partial charge in [0, 0.05) is 30.0 Å². The van der Waals surface area contributed by atoms with Crippen LogP contribution in [0.5, 0.6) is 11.5 Å². The molecule has 1 atom stereocenters. The van der Waals surface area contributed by atoms with Gasteiger partial charge in [0.2, 0.25) is 0 Å². The summed E-state index contributed by atoms with van der Waals surface area (Å²) >= 11 is 6.63. The first kappa shape index (κ1) is 22.1. The first-order valence-electron chi connectivity index (χ1n) is 10.8. The molecule has 1 fully saturated rings. The first-order valence-corrected chi connectivity index (χ1v) is 11.1. The summed E-state index contributed by atoms with van der Waals surface area (Å²) in [6, 6.07) is 7.54. The highest BCUT2D eigenvalue weighted by atomic mass is 35.5. The van der Waals surface area contributed by atoms with Gasteiger partial charge in [-0.05, 0) is 44.4 Å². The van der Waals surface area contributed by atoms with Crippen LogP contribution in [0.1, 0.15) is 31.2 Å². The molecule has 4 aromatic rings. The molecule has 34 heavy (non-hydrogen) atoms. The van der Waals surface area contributed by atoms with Gasteiger partial charge in [-0.2, -0.15) is 5.10 Å². The fraction of sp³-hybridized carbons (Fsp3) is 0.261. The van der Waals surface area contributed by atoms with E-state index in [9.17, 15) is 10.1 Å². The van der Waals surface area contributed by atoms with Crippen LogP contribution in [0, 0.1) is 17.0 Å². The molecule has 0 radical (unpaired) electrons. The number of aromatic nitrogens is 4. The van der Waals surface area contributed by atoms with Crippen LogP contribution in [0.3, 0.4) is 0 Å². The average molecular weight is 481 g/mol. The van der Waals surface area contributed by atoms with E-state index in [1.165, 1.54) is 18.2 Å². The number of nitrogens with two attached hydrogens (primary N) is 1. The largest absolute Gasteiger partial charge is 0.456 e. The van der Waals surface area contributed by atoms with E-state index in [0.29, 0.717) is 28.2 Å². The number of hydrogen-bond acceptors (Lipinski definition) is 8. The van der Waals surface area contributed by atoms with E-state index in [4.69, 9.17) is 31.8 Å². The average Bonchev–Trinajstić information content (AvgIpc) is 3.22. The molecular weight excluding hydrogens is 460 g/mol. The van der Waals surface area contributed by atoms with Gasteiger partial charge in [0.05, 0.1) is 28.5 Å².